The summed E-state index contributed by atoms with van der Waals surface area (Å²) in [5.41, 5.74) is 0.897. The summed E-state index contributed by atoms with van der Waals surface area (Å²) in [6, 6.07) is 7.40. The van der Waals surface area contributed by atoms with Gasteiger partial charge in [-0.25, -0.2) is 4.98 Å². The van der Waals surface area contributed by atoms with Crippen molar-refractivity contribution in [1.82, 2.24) is 9.88 Å². The highest BCUT2D eigenvalue weighted by Crippen LogP contribution is 2.16. The van der Waals surface area contributed by atoms with E-state index in [9.17, 15) is 9.59 Å². The lowest BCUT2D eigenvalue weighted by molar-refractivity contribution is -0.134. The summed E-state index contributed by atoms with van der Waals surface area (Å²) in [5, 5.41) is 3.32. The molecule has 0 unspecified atom stereocenters. The second-order valence-corrected chi connectivity index (χ2v) is 7.25. The summed E-state index contributed by atoms with van der Waals surface area (Å²) in [7, 11) is 1.61. The Labute approximate surface area is 158 Å². The van der Waals surface area contributed by atoms with Crippen LogP contribution in [0.1, 0.15) is 30.2 Å². The Balaban J connectivity index is 1.97. The van der Waals surface area contributed by atoms with Gasteiger partial charge in [0.2, 0.25) is 11.8 Å². The van der Waals surface area contributed by atoms with Gasteiger partial charge in [0.15, 0.2) is 5.13 Å². The Bertz CT molecular complexity index is 728. The van der Waals surface area contributed by atoms with E-state index in [0.717, 1.165) is 29.0 Å². The fraction of sp³-hybridized carbons (Fsp3) is 0.421. The van der Waals surface area contributed by atoms with Gasteiger partial charge in [-0.3, -0.25) is 9.59 Å². The molecule has 140 valence electrons. The number of hydrogen-bond donors (Lipinski definition) is 1. The van der Waals surface area contributed by atoms with Crippen LogP contribution in [-0.2, 0) is 16.0 Å². The van der Waals surface area contributed by atoms with Crippen LogP contribution in [-0.4, -0.2) is 41.9 Å². The fourth-order valence-corrected chi connectivity index (χ4v) is 3.10. The smallest absolute Gasteiger partial charge is 0.245 e. The number of amides is 2. The average molecular weight is 375 g/mol. The monoisotopic (exact) mass is 375 g/mol. The van der Waals surface area contributed by atoms with Crippen LogP contribution in [0.4, 0.5) is 5.13 Å². The van der Waals surface area contributed by atoms with E-state index in [4.69, 9.17) is 4.74 Å². The van der Waals surface area contributed by atoms with Gasteiger partial charge in [0, 0.05) is 17.6 Å². The van der Waals surface area contributed by atoms with Crippen LogP contribution in [0.25, 0.3) is 0 Å². The van der Waals surface area contributed by atoms with Crippen molar-refractivity contribution in [2.75, 3.05) is 25.5 Å². The van der Waals surface area contributed by atoms with Gasteiger partial charge in [-0.15, -0.1) is 11.3 Å². The highest BCUT2D eigenvalue weighted by atomic mass is 32.1. The minimum atomic E-state index is -0.224. The SMILES string of the molecule is CCCCN(CC(=O)Nc1ncc(C)s1)C(=O)Cc1ccc(OC)cc1. The molecule has 0 aliphatic heterocycles. The normalized spacial score (nSPS) is 10.4. The topological polar surface area (TPSA) is 71.5 Å². The van der Waals surface area contributed by atoms with Crippen molar-refractivity contribution in [2.45, 2.75) is 33.1 Å². The van der Waals surface area contributed by atoms with Crippen molar-refractivity contribution >= 4 is 28.3 Å². The van der Waals surface area contributed by atoms with E-state index in [1.807, 2.05) is 31.2 Å². The number of carbonyl (C=O) groups excluding carboxylic acids is 2. The molecule has 2 aromatic rings. The first-order valence-corrected chi connectivity index (χ1v) is 9.46. The maximum absolute atomic E-state index is 12.7. The van der Waals surface area contributed by atoms with Crippen molar-refractivity contribution in [3.63, 3.8) is 0 Å². The zero-order valence-corrected chi connectivity index (χ0v) is 16.3. The first-order chi connectivity index (χ1) is 12.5. The molecule has 0 aliphatic carbocycles. The Morgan fingerprint density at radius 1 is 1.27 bits per heavy atom. The molecule has 0 radical (unpaired) electrons. The van der Waals surface area contributed by atoms with Crippen LogP contribution >= 0.6 is 11.3 Å². The molecule has 1 N–H and O–H groups in total. The van der Waals surface area contributed by atoms with Crippen molar-refractivity contribution in [3.8, 4) is 5.75 Å². The van der Waals surface area contributed by atoms with Gasteiger partial charge < -0.3 is 15.0 Å². The molecule has 0 saturated carbocycles. The number of aryl methyl sites for hydroxylation is 1. The fourth-order valence-electron chi connectivity index (χ4n) is 2.42. The average Bonchev–Trinajstić information content (AvgIpc) is 3.03. The third-order valence-corrected chi connectivity index (χ3v) is 4.68. The Morgan fingerprint density at radius 3 is 2.58 bits per heavy atom. The molecule has 0 fully saturated rings. The molecule has 0 bridgehead atoms. The van der Waals surface area contributed by atoms with Crippen LogP contribution in [0.2, 0.25) is 0 Å². The van der Waals surface area contributed by atoms with Crippen molar-refractivity contribution < 1.29 is 14.3 Å². The van der Waals surface area contributed by atoms with Gasteiger partial charge in [0.1, 0.15) is 5.75 Å². The van der Waals surface area contributed by atoms with Crippen LogP contribution in [0, 0.1) is 6.92 Å². The quantitative estimate of drug-likeness (QED) is 0.730. The first kappa shape index (κ1) is 19.9. The van der Waals surface area contributed by atoms with E-state index in [0.29, 0.717) is 11.7 Å². The van der Waals surface area contributed by atoms with E-state index in [-0.39, 0.29) is 24.8 Å². The zero-order valence-electron chi connectivity index (χ0n) is 15.4. The maximum Gasteiger partial charge on any atom is 0.245 e. The predicted octanol–water partition coefficient (Wildman–Crippen LogP) is 3.27. The lowest BCUT2D eigenvalue weighted by atomic mass is 10.1. The molecule has 26 heavy (non-hydrogen) atoms. The van der Waals surface area contributed by atoms with Crippen LogP contribution < -0.4 is 10.1 Å². The molecule has 1 aromatic heterocycles. The van der Waals surface area contributed by atoms with Crippen LogP contribution in [0.15, 0.2) is 30.5 Å². The second kappa shape index (κ2) is 9.91. The third-order valence-electron chi connectivity index (χ3n) is 3.85. The molecule has 1 aromatic carbocycles. The molecule has 2 rings (SSSR count). The van der Waals surface area contributed by atoms with E-state index < -0.39 is 0 Å². The van der Waals surface area contributed by atoms with Crippen LogP contribution in [0.3, 0.4) is 0 Å². The Kier molecular flexibility index (Phi) is 7.59. The molecule has 6 nitrogen and oxygen atoms in total. The first-order valence-electron chi connectivity index (χ1n) is 8.64. The van der Waals surface area contributed by atoms with Crippen molar-refractivity contribution in [3.05, 3.63) is 40.9 Å². The lowest BCUT2D eigenvalue weighted by Gasteiger charge is -2.22. The number of nitrogens with zero attached hydrogens (tertiary/aromatic N) is 2. The largest absolute Gasteiger partial charge is 0.497 e. The summed E-state index contributed by atoms with van der Waals surface area (Å²) in [5.74, 6) is 0.467. The third kappa shape index (κ3) is 6.15. The standard InChI is InChI=1S/C19H25N3O3S/c1-4-5-10-22(13-17(23)21-19-20-12-14(2)26-19)18(24)11-15-6-8-16(25-3)9-7-15/h6-9,12H,4-5,10-11,13H2,1-3H3,(H,20,21,23). The molecular weight excluding hydrogens is 350 g/mol. The number of aromatic nitrogens is 1. The summed E-state index contributed by atoms with van der Waals surface area (Å²) in [6.07, 6.45) is 3.79. The highest BCUT2D eigenvalue weighted by molar-refractivity contribution is 7.15. The number of thiazole rings is 1. The van der Waals surface area contributed by atoms with Crippen molar-refractivity contribution in [1.29, 1.82) is 0 Å². The Morgan fingerprint density at radius 2 is 2.00 bits per heavy atom. The van der Waals surface area contributed by atoms with E-state index >= 15 is 0 Å². The van der Waals surface area contributed by atoms with Crippen molar-refractivity contribution in [2.24, 2.45) is 0 Å². The number of rotatable bonds is 9. The number of unbranched alkanes of at least 4 members (excludes halogenated alkanes) is 1. The number of carbonyl (C=O) groups is 2. The molecule has 0 spiro atoms. The van der Waals surface area contributed by atoms with Gasteiger partial charge in [-0.1, -0.05) is 25.5 Å². The van der Waals surface area contributed by atoms with E-state index in [1.54, 1.807) is 18.2 Å². The van der Waals surface area contributed by atoms with Gasteiger partial charge in [0.25, 0.3) is 0 Å². The molecule has 0 saturated heterocycles. The Hall–Kier alpha value is -2.41. The summed E-state index contributed by atoms with van der Waals surface area (Å²) < 4.78 is 5.13. The number of hydrogen-bond acceptors (Lipinski definition) is 5. The highest BCUT2D eigenvalue weighted by Gasteiger charge is 2.18. The van der Waals surface area contributed by atoms with Gasteiger partial charge in [0.05, 0.1) is 20.1 Å². The lowest BCUT2D eigenvalue weighted by Crippen LogP contribution is -2.39. The molecule has 1 heterocycles. The van der Waals surface area contributed by atoms with E-state index in [2.05, 4.69) is 17.2 Å². The second-order valence-electron chi connectivity index (χ2n) is 6.02. The molecular formula is C19H25N3O3S. The maximum atomic E-state index is 12.7. The molecule has 0 atom stereocenters. The zero-order chi connectivity index (χ0) is 18.9. The minimum Gasteiger partial charge on any atom is -0.497 e. The summed E-state index contributed by atoms with van der Waals surface area (Å²) in [6.45, 7) is 4.59. The van der Waals surface area contributed by atoms with Gasteiger partial charge >= 0.3 is 0 Å². The van der Waals surface area contributed by atoms with Gasteiger partial charge in [-0.2, -0.15) is 0 Å². The van der Waals surface area contributed by atoms with Crippen LogP contribution in [0.5, 0.6) is 5.75 Å². The van der Waals surface area contributed by atoms with Gasteiger partial charge in [-0.05, 0) is 31.0 Å². The summed E-state index contributed by atoms with van der Waals surface area (Å²) in [4.78, 5) is 31.7. The van der Waals surface area contributed by atoms with E-state index in [1.165, 1.54) is 11.3 Å². The molecule has 2 amide bonds. The summed E-state index contributed by atoms with van der Waals surface area (Å²) >= 11 is 1.42. The number of nitrogens with one attached hydrogen (secondary N) is 1. The number of benzene rings is 1. The predicted molar refractivity (Wildman–Crippen MR) is 104 cm³/mol. The number of ether oxygens (including phenoxy) is 1. The molecule has 0 aliphatic rings. The number of anilines is 1. The molecule has 7 heteroatoms. The minimum absolute atomic E-state index is 0.0353. The number of methoxy groups -OCH3 is 1.